The Morgan fingerprint density at radius 2 is 2.19 bits per heavy atom. The van der Waals surface area contributed by atoms with Crippen molar-refractivity contribution in [2.75, 3.05) is 4.72 Å². The standard InChI is InChI=1S/C10H13N5O4S2/c1-6-10(7(2)15(12-6)4-3-9(16)17)21(18,19)13-8-5-11-14-20-8/h5,13H,3-4H2,1-2H3,(H,16,17). The van der Waals surface area contributed by atoms with Gasteiger partial charge < -0.3 is 5.11 Å². The van der Waals surface area contributed by atoms with Gasteiger partial charge in [-0.25, -0.2) is 8.42 Å². The molecule has 21 heavy (non-hydrogen) atoms. The number of nitrogens with one attached hydrogen (secondary N) is 1. The molecule has 0 radical (unpaired) electrons. The Morgan fingerprint density at radius 3 is 2.76 bits per heavy atom. The van der Waals surface area contributed by atoms with Crippen molar-refractivity contribution >= 4 is 32.5 Å². The minimum atomic E-state index is -3.81. The number of carboxylic acids is 1. The number of carbonyl (C=O) groups is 1. The lowest BCUT2D eigenvalue weighted by molar-refractivity contribution is -0.137. The number of sulfonamides is 1. The van der Waals surface area contributed by atoms with Gasteiger partial charge in [0.15, 0.2) is 0 Å². The fourth-order valence-electron chi connectivity index (χ4n) is 1.88. The Labute approximate surface area is 124 Å². The highest BCUT2D eigenvalue weighted by atomic mass is 32.2. The Hall–Kier alpha value is -2.01. The van der Waals surface area contributed by atoms with Crippen LogP contribution in [0, 0.1) is 13.8 Å². The lowest BCUT2D eigenvalue weighted by Gasteiger charge is -2.06. The molecule has 0 unspecified atom stereocenters. The van der Waals surface area contributed by atoms with Crippen LogP contribution in [0.5, 0.6) is 0 Å². The van der Waals surface area contributed by atoms with Gasteiger partial charge in [-0.2, -0.15) is 5.10 Å². The van der Waals surface area contributed by atoms with Gasteiger partial charge in [0.2, 0.25) is 0 Å². The molecule has 0 fully saturated rings. The molecule has 2 aromatic rings. The second-order valence-electron chi connectivity index (χ2n) is 4.25. The highest BCUT2D eigenvalue weighted by Crippen LogP contribution is 2.23. The first-order valence-electron chi connectivity index (χ1n) is 5.87. The van der Waals surface area contributed by atoms with Gasteiger partial charge in [-0.3, -0.25) is 14.2 Å². The maximum atomic E-state index is 12.4. The van der Waals surface area contributed by atoms with Crippen molar-refractivity contribution in [1.82, 2.24) is 19.4 Å². The van der Waals surface area contributed by atoms with Gasteiger partial charge in [-0.1, -0.05) is 4.49 Å². The molecule has 2 rings (SSSR count). The van der Waals surface area contributed by atoms with Gasteiger partial charge >= 0.3 is 5.97 Å². The molecular weight excluding hydrogens is 318 g/mol. The summed E-state index contributed by atoms with van der Waals surface area (Å²) in [5, 5.41) is 16.6. The molecule has 0 aliphatic heterocycles. The Balaban J connectivity index is 2.33. The van der Waals surface area contributed by atoms with E-state index in [0.717, 1.165) is 11.5 Å². The van der Waals surface area contributed by atoms with Gasteiger partial charge in [0.1, 0.15) is 9.90 Å². The zero-order chi connectivity index (χ0) is 15.6. The monoisotopic (exact) mass is 331 g/mol. The number of aryl methyl sites for hydroxylation is 2. The molecule has 2 aromatic heterocycles. The first-order chi connectivity index (χ1) is 9.81. The van der Waals surface area contributed by atoms with Crippen molar-refractivity contribution < 1.29 is 18.3 Å². The Bertz CT molecular complexity index is 751. The third-order valence-electron chi connectivity index (χ3n) is 2.72. The molecule has 9 nitrogen and oxygen atoms in total. The number of hydrogen-bond donors (Lipinski definition) is 2. The summed E-state index contributed by atoms with van der Waals surface area (Å²) in [6.07, 6.45) is 1.18. The Kier molecular flexibility index (Phi) is 4.23. The fourth-order valence-corrected chi connectivity index (χ4v) is 3.98. The van der Waals surface area contributed by atoms with Crippen LogP contribution < -0.4 is 4.72 Å². The van der Waals surface area contributed by atoms with E-state index in [2.05, 4.69) is 19.4 Å². The molecule has 0 amide bonds. The molecule has 0 aliphatic rings. The Morgan fingerprint density at radius 1 is 1.48 bits per heavy atom. The average molecular weight is 331 g/mol. The molecule has 0 aromatic carbocycles. The summed E-state index contributed by atoms with van der Waals surface area (Å²) in [6.45, 7) is 3.25. The predicted octanol–water partition coefficient (Wildman–Crippen LogP) is 0.627. The van der Waals surface area contributed by atoms with Gasteiger partial charge in [0.25, 0.3) is 10.0 Å². The van der Waals surface area contributed by atoms with E-state index in [-0.39, 0.29) is 17.9 Å². The van der Waals surface area contributed by atoms with Crippen LogP contribution in [0.3, 0.4) is 0 Å². The second-order valence-corrected chi connectivity index (χ2v) is 6.66. The van der Waals surface area contributed by atoms with Crippen molar-refractivity contribution in [3.8, 4) is 0 Å². The minimum Gasteiger partial charge on any atom is -0.481 e. The second kappa shape index (κ2) is 5.77. The number of carboxylic acid groups (broad SMARTS) is 1. The quantitative estimate of drug-likeness (QED) is 0.794. The van der Waals surface area contributed by atoms with E-state index in [9.17, 15) is 13.2 Å². The zero-order valence-electron chi connectivity index (χ0n) is 11.3. The summed E-state index contributed by atoms with van der Waals surface area (Å²) in [5.74, 6) is -0.971. The molecule has 0 aliphatic carbocycles. The molecule has 2 N–H and O–H groups in total. The van der Waals surface area contributed by atoms with Gasteiger partial charge in [-0.15, -0.1) is 5.10 Å². The van der Waals surface area contributed by atoms with Crippen molar-refractivity contribution in [2.45, 2.75) is 31.7 Å². The number of hydrogen-bond acceptors (Lipinski definition) is 7. The summed E-state index contributed by atoms with van der Waals surface area (Å²) in [5.41, 5.74) is 0.696. The first kappa shape index (κ1) is 15.4. The summed E-state index contributed by atoms with van der Waals surface area (Å²) in [7, 11) is -3.81. The molecule has 0 saturated heterocycles. The van der Waals surface area contributed by atoms with Crippen LogP contribution in [-0.2, 0) is 21.4 Å². The number of rotatable bonds is 6. The highest BCUT2D eigenvalue weighted by molar-refractivity contribution is 7.93. The van der Waals surface area contributed by atoms with Gasteiger partial charge in [0.05, 0.1) is 30.6 Å². The maximum Gasteiger partial charge on any atom is 0.305 e. The third-order valence-corrected chi connectivity index (χ3v) is 5.04. The normalized spacial score (nSPS) is 11.5. The van der Waals surface area contributed by atoms with Crippen molar-refractivity contribution in [2.24, 2.45) is 0 Å². The lowest BCUT2D eigenvalue weighted by Crippen LogP contribution is -2.14. The maximum absolute atomic E-state index is 12.4. The summed E-state index contributed by atoms with van der Waals surface area (Å²) in [4.78, 5) is 10.6. The van der Waals surface area contributed by atoms with Crippen LogP contribution in [0.25, 0.3) is 0 Å². The van der Waals surface area contributed by atoms with Crippen LogP contribution in [0.15, 0.2) is 11.1 Å². The molecule has 114 valence electrons. The third kappa shape index (κ3) is 3.36. The van der Waals surface area contributed by atoms with Gasteiger partial charge in [0, 0.05) is 11.5 Å². The topological polar surface area (TPSA) is 127 Å². The highest BCUT2D eigenvalue weighted by Gasteiger charge is 2.25. The van der Waals surface area contributed by atoms with E-state index >= 15 is 0 Å². The molecule has 0 bridgehead atoms. The van der Waals surface area contributed by atoms with Crippen LogP contribution >= 0.6 is 11.5 Å². The van der Waals surface area contributed by atoms with Crippen molar-refractivity contribution in [1.29, 1.82) is 0 Å². The molecule has 0 spiro atoms. The first-order valence-corrected chi connectivity index (χ1v) is 8.13. The SMILES string of the molecule is Cc1nn(CCC(=O)O)c(C)c1S(=O)(=O)Nc1cnns1. The van der Waals surface area contributed by atoms with Crippen LogP contribution in [0.4, 0.5) is 5.00 Å². The summed E-state index contributed by atoms with van der Waals surface area (Å²) >= 11 is 0.921. The lowest BCUT2D eigenvalue weighted by atomic mass is 10.4. The zero-order valence-corrected chi connectivity index (χ0v) is 12.9. The van der Waals surface area contributed by atoms with E-state index in [1.807, 2.05) is 0 Å². The summed E-state index contributed by atoms with van der Waals surface area (Å²) < 4.78 is 32.1. The molecule has 0 atom stereocenters. The predicted molar refractivity (Wildman–Crippen MR) is 74.7 cm³/mol. The van der Waals surface area contributed by atoms with Crippen molar-refractivity contribution in [3.05, 3.63) is 17.6 Å². The van der Waals surface area contributed by atoms with Gasteiger partial charge in [-0.05, 0) is 13.8 Å². The summed E-state index contributed by atoms with van der Waals surface area (Å²) in [6, 6.07) is 0. The molecule has 2 heterocycles. The van der Waals surface area contributed by atoms with E-state index in [0.29, 0.717) is 16.4 Å². The molecular formula is C10H13N5O4S2. The fraction of sp³-hybridized carbons (Fsp3) is 0.400. The smallest absolute Gasteiger partial charge is 0.305 e. The van der Waals surface area contributed by atoms with E-state index in [1.165, 1.54) is 10.9 Å². The van der Waals surface area contributed by atoms with Crippen LogP contribution in [0.2, 0.25) is 0 Å². The number of aliphatic carboxylic acids is 1. The average Bonchev–Trinajstić information content (AvgIpc) is 2.94. The number of nitrogens with zero attached hydrogens (tertiary/aromatic N) is 4. The van der Waals surface area contributed by atoms with Crippen molar-refractivity contribution in [3.63, 3.8) is 0 Å². The largest absolute Gasteiger partial charge is 0.481 e. The van der Waals surface area contributed by atoms with E-state index in [4.69, 9.17) is 5.11 Å². The van der Waals surface area contributed by atoms with Crippen LogP contribution in [-0.4, -0.2) is 38.9 Å². The van der Waals surface area contributed by atoms with E-state index < -0.39 is 16.0 Å². The van der Waals surface area contributed by atoms with E-state index in [1.54, 1.807) is 13.8 Å². The number of anilines is 1. The minimum absolute atomic E-state index is 0.0429. The van der Waals surface area contributed by atoms with Crippen LogP contribution in [0.1, 0.15) is 17.8 Å². The number of aromatic nitrogens is 4. The molecule has 11 heteroatoms. The molecule has 0 saturated carbocycles.